The van der Waals surface area contributed by atoms with Crippen molar-refractivity contribution in [3.8, 4) is 0 Å². The lowest BCUT2D eigenvalue weighted by molar-refractivity contribution is 0.0751. The zero-order valence-electron chi connectivity index (χ0n) is 12.4. The summed E-state index contributed by atoms with van der Waals surface area (Å²) in [7, 11) is -3.38. The van der Waals surface area contributed by atoms with Crippen LogP contribution < -0.4 is 0 Å². The number of amides is 1. The van der Waals surface area contributed by atoms with E-state index in [4.69, 9.17) is 0 Å². The molecule has 112 valence electrons. The number of sulfone groups is 1. The lowest BCUT2D eigenvalue weighted by Gasteiger charge is -2.22. The van der Waals surface area contributed by atoms with Crippen LogP contribution in [0.4, 0.5) is 0 Å². The topological polar surface area (TPSA) is 54.5 Å². The molecule has 0 saturated carbocycles. The summed E-state index contributed by atoms with van der Waals surface area (Å²) in [5, 5.41) is 0. The predicted molar refractivity (Wildman–Crippen MR) is 80.7 cm³/mol. The van der Waals surface area contributed by atoms with E-state index in [1.807, 2.05) is 13.8 Å². The van der Waals surface area contributed by atoms with Crippen molar-refractivity contribution in [3.63, 3.8) is 0 Å². The molecule has 1 amide bonds. The molecule has 0 fully saturated rings. The molecule has 0 heterocycles. The molecule has 1 aromatic rings. The van der Waals surface area contributed by atoms with Gasteiger partial charge in [-0.2, -0.15) is 0 Å². The van der Waals surface area contributed by atoms with E-state index in [1.54, 1.807) is 30.0 Å². The SMILES string of the molecule is CCCN(CCC)C(=O)c1ccccc1S(=O)(=O)CC. The van der Waals surface area contributed by atoms with Gasteiger partial charge in [0.2, 0.25) is 0 Å². The zero-order chi connectivity index (χ0) is 15.2. The van der Waals surface area contributed by atoms with Gasteiger partial charge in [-0.3, -0.25) is 4.79 Å². The van der Waals surface area contributed by atoms with E-state index in [9.17, 15) is 13.2 Å². The van der Waals surface area contributed by atoms with Crippen molar-refractivity contribution in [1.82, 2.24) is 4.90 Å². The molecule has 20 heavy (non-hydrogen) atoms. The minimum Gasteiger partial charge on any atom is -0.339 e. The molecule has 4 nitrogen and oxygen atoms in total. The lowest BCUT2D eigenvalue weighted by Crippen LogP contribution is -2.33. The molecule has 0 aliphatic heterocycles. The molecule has 5 heteroatoms. The van der Waals surface area contributed by atoms with Crippen LogP contribution in [0.5, 0.6) is 0 Å². The quantitative estimate of drug-likeness (QED) is 0.777. The molecule has 0 bridgehead atoms. The van der Waals surface area contributed by atoms with Gasteiger partial charge in [0, 0.05) is 13.1 Å². The molecule has 0 aromatic heterocycles. The third-order valence-electron chi connectivity index (χ3n) is 3.11. The van der Waals surface area contributed by atoms with Crippen LogP contribution in [0.3, 0.4) is 0 Å². The van der Waals surface area contributed by atoms with Crippen molar-refractivity contribution in [2.45, 2.75) is 38.5 Å². The largest absolute Gasteiger partial charge is 0.339 e. The Bertz CT molecular complexity index is 546. The van der Waals surface area contributed by atoms with Gasteiger partial charge in [0.15, 0.2) is 9.84 Å². The summed E-state index contributed by atoms with van der Waals surface area (Å²) in [6, 6.07) is 6.48. The van der Waals surface area contributed by atoms with Gasteiger partial charge in [-0.15, -0.1) is 0 Å². The van der Waals surface area contributed by atoms with Gasteiger partial charge in [-0.05, 0) is 25.0 Å². The Balaban J connectivity index is 3.22. The second kappa shape index (κ2) is 7.43. The number of nitrogens with zero attached hydrogens (tertiary/aromatic N) is 1. The Labute approximate surface area is 121 Å². The molecule has 1 rings (SSSR count). The monoisotopic (exact) mass is 297 g/mol. The number of carbonyl (C=O) groups excluding carboxylic acids is 1. The molecule has 0 N–H and O–H groups in total. The molecule has 0 spiro atoms. The van der Waals surface area contributed by atoms with E-state index in [2.05, 4.69) is 0 Å². The van der Waals surface area contributed by atoms with E-state index in [1.165, 1.54) is 6.07 Å². The van der Waals surface area contributed by atoms with E-state index < -0.39 is 9.84 Å². The van der Waals surface area contributed by atoms with Crippen LogP contribution in [0, 0.1) is 0 Å². The van der Waals surface area contributed by atoms with Crippen molar-refractivity contribution >= 4 is 15.7 Å². The van der Waals surface area contributed by atoms with Crippen LogP contribution in [-0.2, 0) is 9.84 Å². The van der Waals surface area contributed by atoms with Gasteiger partial charge in [0.05, 0.1) is 16.2 Å². The van der Waals surface area contributed by atoms with Gasteiger partial charge < -0.3 is 4.90 Å². The standard InChI is InChI=1S/C15H23NO3S/c1-4-11-16(12-5-2)15(17)13-9-7-8-10-14(13)20(18,19)6-3/h7-10H,4-6,11-12H2,1-3H3. The fourth-order valence-electron chi connectivity index (χ4n) is 2.10. The van der Waals surface area contributed by atoms with E-state index >= 15 is 0 Å². The van der Waals surface area contributed by atoms with Crippen LogP contribution in [0.15, 0.2) is 29.2 Å². The highest BCUT2D eigenvalue weighted by molar-refractivity contribution is 7.91. The Hall–Kier alpha value is -1.36. The van der Waals surface area contributed by atoms with Gasteiger partial charge >= 0.3 is 0 Å². The highest BCUT2D eigenvalue weighted by Crippen LogP contribution is 2.19. The maximum atomic E-state index is 12.6. The smallest absolute Gasteiger partial charge is 0.255 e. The molecule has 0 atom stereocenters. The van der Waals surface area contributed by atoms with E-state index in [-0.39, 0.29) is 22.1 Å². The summed E-state index contributed by atoms with van der Waals surface area (Å²) in [6.07, 6.45) is 1.71. The lowest BCUT2D eigenvalue weighted by atomic mass is 10.2. The summed E-state index contributed by atoms with van der Waals surface area (Å²) in [5.41, 5.74) is 0.288. The Morgan fingerprint density at radius 3 is 2.10 bits per heavy atom. The Morgan fingerprint density at radius 1 is 1.05 bits per heavy atom. The van der Waals surface area contributed by atoms with E-state index in [0.29, 0.717) is 13.1 Å². The number of benzene rings is 1. The molecule has 0 radical (unpaired) electrons. The number of hydrogen-bond donors (Lipinski definition) is 0. The maximum absolute atomic E-state index is 12.6. The summed E-state index contributed by atoms with van der Waals surface area (Å²) < 4.78 is 24.2. The van der Waals surface area contributed by atoms with Crippen molar-refractivity contribution in [2.75, 3.05) is 18.8 Å². The van der Waals surface area contributed by atoms with Crippen LogP contribution in [0.2, 0.25) is 0 Å². The fraction of sp³-hybridized carbons (Fsp3) is 0.533. The highest BCUT2D eigenvalue weighted by atomic mass is 32.2. The maximum Gasteiger partial charge on any atom is 0.255 e. The van der Waals surface area contributed by atoms with Gasteiger partial charge in [-0.1, -0.05) is 32.9 Å². The molecule has 0 saturated heterocycles. The third kappa shape index (κ3) is 3.82. The average molecular weight is 297 g/mol. The van der Waals surface area contributed by atoms with Crippen LogP contribution in [0.1, 0.15) is 44.0 Å². The first-order valence-corrected chi connectivity index (χ1v) is 8.74. The summed E-state index contributed by atoms with van der Waals surface area (Å²) in [5.74, 6) is -0.194. The first-order chi connectivity index (χ1) is 9.47. The Morgan fingerprint density at radius 2 is 1.60 bits per heavy atom. The second-order valence-corrected chi connectivity index (χ2v) is 6.94. The second-order valence-electron chi connectivity index (χ2n) is 4.69. The number of carbonyl (C=O) groups is 1. The number of hydrogen-bond acceptors (Lipinski definition) is 3. The van der Waals surface area contributed by atoms with Gasteiger partial charge in [0.25, 0.3) is 5.91 Å². The molecule has 0 aliphatic rings. The molecule has 1 aromatic carbocycles. The van der Waals surface area contributed by atoms with Gasteiger partial charge in [-0.25, -0.2) is 8.42 Å². The minimum atomic E-state index is -3.38. The first-order valence-electron chi connectivity index (χ1n) is 7.08. The molecular weight excluding hydrogens is 274 g/mol. The van der Waals surface area contributed by atoms with Crippen molar-refractivity contribution in [1.29, 1.82) is 0 Å². The summed E-state index contributed by atoms with van der Waals surface area (Å²) in [4.78, 5) is 14.4. The van der Waals surface area contributed by atoms with Crippen molar-refractivity contribution in [3.05, 3.63) is 29.8 Å². The third-order valence-corrected chi connectivity index (χ3v) is 4.89. The average Bonchev–Trinajstić information content (AvgIpc) is 2.46. The minimum absolute atomic E-state index is 0.00114. The first kappa shape index (κ1) is 16.7. The van der Waals surface area contributed by atoms with Crippen LogP contribution >= 0.6 is 0 Å². The van der Waals surface area contributed by atoms with Crippen LogP contribution in [0.25, 0.3) is 0 Å². The number of rotatable bonds is 7. The molecule has 0 aliphatic carbocycles. The zero-order valence-corrected chi connectivity index (χ0v) is 13.2. The van der Waals surface area contributed by atoms with Crippen molar-refractivity contribution in [2.24, 2.45) is 0 Å². The molecular formula is C15H23NO3S. The highest BCUT2D eigenvalue weighted by Gasteiger charge is 2.23. The predicted octanol–water partition coefficient (Wildman–Crippen LogP) is 2.74. The normalized spacial score (nSPS) is 11.3. The van der Waals surface area contributed by atoms with Crippen molar-refractivity contribution < 1.29 is 13.2 Å². The summed E-state index contributed by atoms with van der Waals surface area (Å²) >= 11 is 0. The molecule has 0 unspecified atom stereocenters. The summed E-state index contributed by atoms with van der Waals surface area (Å²) in [6.45, 7) is 6.89. The van der Waals surface area contributed by atoms with Crippen LogP contribution in [-0.4, -0.2) is 38.1 Å². The van der Waals surface area contributed by atoms with Gasteiger partial charge in [0.1, 0.15) is 0 Å². The van der Waals surface area contributed by atoms with E-state index in [0.717, 1.165) is 12.8 Å². The fourth-order valence-corrected chi connectivity index (χ4v) is 3.18. The Kier molecular flexibility index (Phi) is 6.20.